The summed E-state index contributed by atoms with van der Waals surface area (Å²) in [6, 6.07) is 7.78. The van der Waals surface area contributed by atoms with E-state index >= 15 is 0 Å². The molecule has 0 unspecified atom stereocenters. The Kier molecular flexibility index (Phi) is 3.70. The fraction of sp³-hybridized carbons (Fsp3) is 0.0769. The lowest BCUT2D eigenvalue weighted by Crippen LogP contribution is -1.93. The first-order valence-corrected chi connectivity index (χ1v) is 5.81. The summed E-state index contributed by atoms with van der Waals surface area (Å²) in [6.45, 7) is 0. The number of aromatic hydroxyl groups is 2. The first kappa shape index (κ1) is 14.3. The van der Waals surface area contributed by atoms with Gasteiger partial charge in [-0.15, -0.1) is 0 Å². The molecule has 108 valence electrons. The van der Waals surface area contributed by atoms with E-state index in [9.17, 15) is 30.4 Å². The van der Waals surface area contributed by atoms with Gasteiger partial charge in [0.15, 0.2) is 11.5 Å². The van der Waals surface area contributed by atoms with Crippen molar-refractivity contribution < 1.29 is 20.1 Å². The molecule has 0 saturated carbocycles. The lowest BCUT2D eigenvalue weighted by Gasteiger charge is -2.04. The molecule has 0 amide bonds. The van der Waals surface area contributed by atoms with Crippen molar-refractivity contribution in [2.24, 2.45) is 0 Å². The molecule has 0 heterocycles. The highest BCUT2D eigenvalue weighted by Gasteiger charge is 2.15. The van der Waals surface area contributed by atoms with E-state index in [4.69, 9.17) is 0 Å². The SMILES string of the molecule is O=[N+]([O-])c1ccc(Cc2ccc([N+](=O)[O-])c(O)c2)cc1O. The molecule has 0 spiro atoms. The molecule has 2 N–H and O–H groups in total. The number of hydrogen-bond donors (Lipinski definition) is 2. The van der Waals surface area contributed by atoms with Crippen LogP contribution < -0.4 is 0 Å². The summed E-state index contributed by atoms with van der Waals surface area (Å²) in [5.74, 6) is -0.910. The van der Waals surface area contributed by atoms with E-state index in [1.54, 1.807) is 0 Å². The minimum atomic E-state index is -0.698. The summed E-state index contributed by atoms with van der Waals surface area (Å²) in [5.41, 5.74) is 0.355. The predicted molar refractivity (Wildman–Crippen MR) is 72.3 cm³/mol. The Labute approximate surface area is 118 Å². The van der Waals surface area contributed by atoms with Gasteiger partial charge in [0.2, 0.25) is 0 Å². The minimum Gasteiger partial charge on any atom is -0.502 e. The van der Waals surface area contributed by atoms with Crippen molar-refractivity contribution in [3.8, 4) is 11.5 Å². The van der Waals surface area contributed by atoms with Crippen molar-refractivity contribution in [2.45, 2.75) is 6.42 Å². The summed E-state index contributed by atoms with van der Waals surface area (Å²) in [6.07, 6.45) is 0.261. The number of phenols is 2. The molecule has 2 aromatic rings. The minimum absolute atomic E-state index is 0.261. The van der Waals surface area contributed by atoms with Gasteiger partial charge in [-0.05, 0) is 29.7 Å². The molecular formula is C13H10N2O6. The molecule has 0 aromatic heterocycles. The first-order chi connectivity index (χ1) is 9.88. The first-order valence-electron chi connectivity index (χ1n) is 5.81. The summed E-state index contributed by atoms with van der Waals surface area (Å²) >= 11 is 0. The van der Waals surface area contributed by atoms with E-state index in [-0.39, 0.29) is 6.42 Å². The Bertz CT molecular complexity index is 667. The number of nitrogens with zero attached hydrogens (tertiary/aromatic N) is 2. The average Bonchev–Trinajstić information content (AvgIpc) is 2.37. The van der Waals surface area contributed by atoms with Gasteiger partial charge in [0.25, 0.3) is 0 Å². The molecule has 2 rings (SSSR count). The number of rotatable bonds is 4. The van der Waals surface area contributed by atoms with Gasteiger partial charge in [0.1, 0.15) is 0 Å². The van der Waals surface area contributed by atoms with Crippen LogP contribution in [0.3, 0.4) is 0 Å². The highest BCUT2D eigenvalue weighted by atomic mass is 16.6. The molecule has 21 heavy (non-hydrogen) atoms. The van der Waals surface area contributed by atoms with Gasteiger partial charge >= 0.3 is 11.4 Å². The Morgan fingerprint density at radius 1 is 0.810 bits per heavy atom. The van der Waals surface area contributed by atoms with E-state index in [2.05, 4.69) is 0 Å². The third kappa shape index (κ3) is 3.06. The van der Waals surface area contributed by atoms with Gasteiger partial charge in [-0.25, -0.2) is 0 Å². The van der Waals surface area contributed by atoms with Crippen LogP contribution in [0.4, 0.5) is 11.4 Å². The van der Waals surface area contributed by atoms with Gasteiger partial charge < -0.3 is 10.2 Å². The third-order valence-corrected chi connectivity index (χ3v) is 2.88. The lowest BCUT2D eigenvalue weighted by molar-refractivity contribution is -0.386. The van der Waals surface area contributed by atoms with Crippen LogP contribution in [0.15, 0.2) is 36.4 Å². The lowest BCUT2D eigenvalue weighted by atomic mass is 10.0. The maximum atomic E-state index is 10.6. The van der Waals surface area contributed by atoms with Crippen LogP contribution in [0.2, 0.25) is 0 Å². The zero-order valence-electron chi connectivity index (χ0n) is 10.6. The highest BCUT2D eigenvalue weighted by molar-refractivity contribution is 5.50. The van der Waals surface area contributed by atoms with Crippen molar-refractivity contribution in [3.05, 3.63) is 67.8 Å². The molecule has 0 aliphatic carbocycles. The summed E-state index contributed by atoms with van der Waals surface area (Å²) in [5, 5.41) is 40.2. The molecule has 0 aliphatic heterocycles. The Morgan fingerprint density at radius 2 is 1.19 bits per heavy atom. The molecule has 0 fully saturated rings. The van der Waals surface area contributed by atoms with E-state index < -0.39 is 32.7 Å². The van der Waals surface area contributed by atoms with E-state index in [1.165, 1.54) is 36.4 Å². The van der Waals surface area contributed by atoms with Crippen molar-refractivity contribution in [2.75, 3.05) is 0 Å². The van der Waals surface area contributed by atoms with Crippen molar-refractivity contribution in [1.29, 1.82) is 0 Å². The van der Waals surface area contributed by atoms with E-state index in [1.807, 2.05) is 0 Å². The maximum Gasteiger partial charge on any atom is 0.310 e. The predicted octanol–water partition coefficient (Wildman–Crippen LogP) is 2.51. The second-order valence-electron chi connectivity index (χ2n) is 4.34. The molecule has 0 aliphatic rings. The monoisotopic (exact) mass is 290 g/mol. The fourth-order valence-electron chi connectivity index (χ4n) is 1.90. The van der Waals surface area contributed by atoms with Gasteiger partial charge in [0.05, 0.1) is 9.85 Å². The van der Waals surface area contributed by atoms with Crippen molar-refractivity contribution in [3.63, 3.8) is 0 Å². The molecule has 8 heteroatoms. The van der Waals surface area contributed by atoms with Gasteiger partial charge in [0, 0.05) is 12.1 Å². The highest BCUT2D eigenvalue weighted by Crippen LogP contribution is 2.30. The van der Waals surface area contributed by atoms with Gasteiger partial charge in [-0.3, -0.25) is 20.2 Å². The molecule has 8 nitrogen and oxygen atoms in total. The molecular weight excluding hydrogens is 280 g/mol. The van der Waals surface area contributed by atoms with Crippen molar-refractivity contribution >= 4 is 11.4 Å². The zero-order chi connectivity index (χ0) is 15.6. The summed E-state index contributed by atoms with van der Waals surface area (Å²) < 4.78 is 0. The second-order valence-corrected chi connectivity index (χ2v) is 4.34. The summed E-state index contributed by atoms with van der Waals surface area (Å²) in [4.78, 5) is 19.8. The average molecular weight is 290 g/mol. The molecule has 0 radical (unpaired) electrons. The van der Waals surface area contributed by atoms with Crippen LogP contribution in [0.5, 0.6) is 11.5 Å². The van der Waals surface area contributed by atoms with Crippen molar-refractivity contribution in [1.82, 2.24) is 0 Å². The van der Waals surface area contributed by atoms with Crippen LogP contribution in [0.1, 0.15) is 11.1 Å². The van der Waals surface area contributed by atoms with Gasteiger partial charge in [-0.1, -0.05) is 12.1 Å². The number of nitro groups is 2. The fourth-order valence-corrected chi connectivity index (χ4v) is 1.90. The number of hydrogen-bond acceptors (Lipinski definition) is 6. The number of nitro benzene ring substituents is 2. The largest absolute Gasteiger partial charge is 0.502 e. The zero-order valence-corrected chi connectivity index (χ0v) is 10.6. The topological polar surface area (TPSA) is 127 Å². The van der Waals surface area contributed by atoms with Crippen LogP contribution >= 0.6 is 0 Å². The van der Waals surface area contributed by atoms with E-state index in [0.717, 1.165) is 0 Å². The molecule has 0 bridgehead atoms. The van der Waals surface area contributed by atoms with Gasteiger partial charge in [-0.2, -0.15) is 0 Å². The van der Waals surface area contributed by atoms with Crippen LogP contribution in [-0.2, 0) is 6.42 Å². The van der Waals surface area contributed by atoms with Crippen LogP contribution in [-0.4, -0.2) is 20.1 Å². The third-order valence-electron chi connectivity index (χ3n) is 2.88. The quantitative estimate of drug-likeness (QED) is 0.657. The van der Waals surface area contributed by atoms with E-state index in [0.29, 0.717) is 11.1 Å². The van der Waals surface area contributed by atoms with Crippen LogP contribution in [0.25, 0.3) is 0 Å². The number of benzene rings is 2. The second kappa shape index (κ2) is 5.45. The van der Waals surface area contributed by atoms with Crippen LogP contribution in [0, 0.1) is 20.2 Å². The molecule has 0 saturated heterocycles. The maximum absolute atomic E-state index is 10.6. The Balaban J connectivity index is 2.26. The Morgan fingerprint density at radius 3 is 1.48 bits per heavy atom. The normalized spacial score (nSPS) is 10.3. The smallest absolute Gasteiger partial charge is 0.310 e. The summed E-state index contributed by atoms with van der Waals surface area (Å²) in [7, 11) is 0. The standard InChI is InChI=1S/C13H10N2O6/c16-12-6-8(1-3-10(12)14(18)19)5-9-2-4-11(15(20)21)13(17)7-9/h1-4,6-7,16-17H,5H2. The molecule has 0 atom stereocenters. The molecule has 2 aromatic carbocycles. The number of phenolic OH excluding ortho intramolecular Hbond substituents is 2. The Hall–Kier alpha value is -3.16.